The van der Waals surface area contributed by atoms with E-state index in [1.165, 1.54) is 27.9 Å². The molecule has 0 aliphatic rings. The molecule has 1 aromatic heterocycles. The van der Waals surface area contributed by atoms with Crippen molar-refractivity contribution in [3.63, 3.8) is 0 Å². The highest BCUT2D eigenvalue weighted by Crippen LogP contribution is 2.40. The highest BCUT2D eigenvalue weighted by atomic mass is 15.1. The summed E-state index contributed by atoms with van der Waals surface area (Å²) in [5, 5.41) is 3.56. The monoisotopic (exact) mass is 532 g/mol. The minimum atomic E-state index is 0.246. The Morgan fingerprint density at radius 2 is 1.22 bits per heavy atom. The lowest BCUT2D eigenvalue weighted by Crippen LogP contribution is -2.09. The fourth-order valence-electron chi connectivity index (χ4n) is 6.05. The quantitative estimate of drug-likeness (QED) is 0.202. The van der Waals surface area contributed by atoms with Gasteiger partial charge in [-0.15, -0.1) is 0 Å². The van der Waals surface area contributed by atoms with E-state index in [4.69, 9.17) is 7.73 Å². The summed E-state index contributed by atoms with van der Waals surface area (Å²) in [4.78, 5) is 5.22. The molecular weight excluding hydrogens is 496 g/mol. The van der Waals surface area contributed by atoms with E-state index in [9.17, 15) is 0 Å². The summed E-state index contributed by atoms with van der Waals surface area (Å²) in [5.74, 6) is 1.40. The molecule has 2 heteroatoms. The Hall–Kier alpha value is -4.69. The molecule has 0 atom stereocenters. The number of fused-ring (bicyclic) bond motifs is 4. The van der Waals surface area contributed by atoms with Gasteiger partial charge in [0, 0.05) is 5.56 Å². The second-order valence-electron chi connectivity index (χ2n) is 11.5. The summed E-state index contributed by atoms with van der Waals surface area (Å²) in [5.41, 5.74) is 9.08. The van der Waals surface area contributed by atoms with Gasteiger partial charge < -0.3 is 0 Å². The molecule has 0 fully saturated rings. The molecule has 200 valence electrons. The van der Waals surface area contributed by atoms with Gasteiger partial charge in [0.25, 0.3) is 0 Å². The molecule has 0 amide bonds. The first kappa shape index (κ1) is 23.1. The Labute approximate surface area is 244 Å². The molecule has 41 heavy (non-hydrogen) atoms. The summed E-state index contributed by atoms with van der Waals surface area (Å²) in [7, 11) is 0. The number of aromatic nitrogens is 2. The van der Waals surface area contributed by atoms with Crippen LogP contribution in [0.15, 0.2) is 121 Å². The molecule has 0 aliphatic heterocycles. The van der Waals surface area contributed by atoms with Crippen LogP contribution in [0.4, 0.5) is 0 Å². The van der Waals surface area contributed by atoms with Crippen LogP contribution >= 0.6 is 0 Å². The van der Waals surface area contributed by atoms with Crippen LogP contribution in [0.1, 0.15) is 53.4 Å². The first-order valence-corrected chi connectivity index (χ1v) is 14.5. The van der Waals surface area contributed by atoms with Crippen molar-refractivity contribution in [1.29, 1.82) is 0 Å². The second kappa shape index (κ2) is 10.1. The van der Waals surface area contributed by atoms with Crippen molar-refractivity contribution in [2.45, 2.75) is 39.5 Å². The number of hydrogen-bond acceptors (Lipinski definition) is 1. The van der Waals surface area contributed by atoms with Crippen molar-refractivity contribution in [2.24, 2.45) is 0 Å². The zero-order valence-electron chi connectivity index (χ0n) is 25.9. The molecule has 0 unspecified atom stereocenters. The van der Waals surface area contributed by atoms with Crippen molar-refractivity contribution >= 4 is 32.6 Å². The fourth-order valence-corrected chi connectivity index (χ4v) is 6.05. The Morgan fingerprint density at radius 1 is 0.585 bits per heavy atom. The van der Waals surface area contributed by atoms with E-state index < -0.39 is 0 Å². The van der Waals surface area contributed by atoms with Crippen molar-refractivity contribution in [3.8, 4) is 28.2 Å². The van der Waals surface area contributed by atoms with Gasteiger partial charge >= 0.3 is 0 Å². The summed E-state index contributed by atoms with van der Waals surface area (Å²) in [6.45, 7) is 9.05. The second-order valence-corrected chi connectivity index (χ2v) is 11.5. The Balaban J connectivity index is 1.56. The Kier molecular flexibility index (Phi) is 5.65. The topological polar surface area (TPSA) is 17.8 Å². The highest BCUT2D eigenvalue weighted by Gasteiger charge is 2.23. The maximum atomic E-state index is 8.93. The first-order valence-electron chi connectivity index (χ1n) is 15.5. The van der Waals surface area contributed by atoms with Gasteiger partial charge in [0.2, 0.25) is 0 Å². The SMILES string of the molecule is [2H]c1c([2H])c2cc(-c3nc4ccccc4n3-c3c(C(C)C)cc(-c4ccccc4)cc3C(C)C)ccc2c2ccccc12. The van der Waals surface area contributed by atoms with E-state index in [0.717, 1.165) is 44.0 Å². The average molecular weight is 533 g/mol. The van der Waals surface area contributed by atoms with Crippen LogP contribution < -0.4 is 0 Å². The number of imidazole rings is 1. The van der Waals surface area contributed by atoms with Gasteiger partial charge in [-0.05, 0) is 86.0 Å². The molecule has 7 rings (SSSR count). The predicted octanol–water partition coefficient (Wildman–Crippen LogP) is 10.9. The lowest BCUT2D eigenvalue weighted by Gasteiger charge is -2.24. The smallest absolute Gasteiger partial charge is 0.145 e. The average Bonchev–Trinajstić information content (AvgIpc) is 3.42. The molecule has 0 N–H and O–H groups in total. The third-order valence-corrected chi connectivity index (χ3v) is 8.13. The number of benzene rings is 6. The maximum absolute atomic E-state index is 8.93. The van der Waals surface area contributed by atoms with Crippen LogP contribution in [0.3, 0.4) is 0 Å². The zero-order chi connectivity index (χ0) is 29.8. The lowest BCUT2D eigenvalue weighted by molar-refractivity contribution is 0.811. The molecule has 0 saturated heterocycles. The van der Waals surface area contributed by atoms with Crippen LogP contribution in [0.5, 0.6) is 0 Å². The Bertz CT molecular complexity index is 2130. The number of para-hydroxylation sites is 2. The van der Waals surface area contributed by atoms with Gasteiger partial charge in [0.05, 0.1) is 19.5 Å². The van der Waals surface area contributed by atoms with Gasteiger partial charge in [0.1, 0.15) is 5.82 Å². The van der Waals surface area contributed by atoms with Crippen LogP contribution in [-0.4, -0.2) is 9.55 Å². The van der Waals surface area contributed by atoms with E-state index in [2.05, 4.69) is 111 Å². The highest BCUT2D eigenvalue weighted by molar-refractivity contribution is 6.08. The molecule has 2 nitrogen and oxygen atoms in total. The van der Waals surface area contributed by atoms with E-state index in [-0.39, 0.29) is 23.9 Å². The third-order valence-electron chi connectivity index (χ3n) is 8.13. The maximum Gasteiger partial charge on any atom is 0.145 e. The van der Waals surface area contributed by atoms with E-state index in [1.54, 1.807) is 0 Å². The number of hydrogen-bond donors (Lipinski definition) is 0. The van der Waals surface area contributed by atoms with Crippen LogP contribution in [0, 0.1) is 0 Å². The van der Waals surface area contributed by atoms with Crippen molar-refractivity contribution in [3.05, 3.63) is 132 Å². The van der Waals surface area contributed by atoms with Gasteiger partial charge in [-0.1, -0.05) is 119 Å². The van der Waals surface area contributed by atoms with Gasteiger partial charge in [0.15, 0.2) is 0 Å². The van der Waals surface area contributed by atoms with Gasteiger partial charge in [-0.25, -0.2) is 4.98 Å². The summed E-state index contributed by atoms with van der Waals surface area (Å²) >= 11 is 0. The molecular formula is C39H34N2. The molecule has 0 radical (unpaired) electrons. The predicted molar refractivity (Wildman–Crippen MR) is 175 cm³/mol. The van der Waals surface area contributed by atoms with Gasteiger partial charge in [-0.2, -0.15) is 0 Å². The van der Waals surface area contributed by atoms with Gasteiger partial charge in [-0.3, -0.25) is 4.57 Å². The summed E-state index contributed by atoms with van der Waals surface area (Å²) < 4.78 is 20.0. The largest absolute Gasteiger partial charge is 0.292 e. The van der Waals surface area contributed by atoms with E-state index in [1.807, 2.05) is 30.3 Å². The van der Waals surface area contributed by atoms with Crippen molar-refractivity contribution in [2.75, 3.05) is 0 Å². The molecule has 7 aromatic rings. The molecule has 0 saturated carbocycles. The first-order chi connectivity index (χ1) is 20.8. The summed E-state index contributed by atoms with van der Waals surface area (Å²) in [6.07, 6.45) is 0. The Morgan fingerprint density at radius 3 is 1.98 bits per heavy atom. The minimum absolute atomic E-state index is 0.246. The normalized spacial score (nSPS) is 12.5. The molecule has 0 aliphatic carbocycles. The molecule has 1 heterocycles. The standard InChI is InChI=1S/C39H34N2/c1-25(2)34-23-31(27-12-6-5-7-13-27)24-35(26(3)4)38(34)41-37-17-11-10-16-36(37)40-39(41)30-20-21-33-29(22-30)19-18-28-14-8-9-15-32(28)33/h5-26H,1-4H3/i18D,19D. The number of nitrogens with zero attached hydrogens (tertiary/aromatic N) is 2. The lowest BCUT2D eigenvalue weighted by atomic mass is 9.88. The van der Waals surface area contributed by atoms with Crippen LogP contribution in [0.2, 0.25) is 0 Å². The minimum Gasteiger partial charge on any atom is -0.292 e. The van der Waals surface area contributed by atoms with Crippen molar-refractivity contribution in [1.82, 2.24) is 9.55 Å². The third kappa shape index (κ3) is 4.31. The zero-order valence-corrected chi connectivity index (χ0v) is 23.9. The summed E-state index contributed by atoms with van der Waals surface area (Å²) in [6, 6.07) is 38.3. The molecule has 0 bridgehead atoms. The van der Waals surface area contributed by atoms with E-state index in [0.29, 0.717) is 0 Å². The van der Waals surface area contributed by atoms with E-state index >= 15 is 0 Å². The van der Waals surface area contributed by atoms with Crippen LogP contribution in [0.25, 0.3) is 60.8 Å². The molecule has 6 aromatic carbocycles. The number of rotatable bonds is 5. The molecule has 0 spiro atoms. The van der Waals surface area contributed by atoms with Crippen molar-refractivity contribution < 1.29 is 2.74 Å². The fraction of sp³-hybridized carbons (Fsp3) is 0.154. The van der Waals surface area contributed by atoms with Crippen LogP contribution in [-0.2, 0) is 0 Å².